The molecule has 1 aromatic heterocycles. The van der Waals surface area contributed by atoms with Gasteiger partial charge in [-0.2, -0.15) is 4.98 Å². The van der Waals surface area contributed by atoms with Crippen molar-refractivity contribution in [3.63, 3.8) is 0 Å². The quantitative estimate of drug-likeness (QED) is 0.351. The zero-order valence-electron chi connectivity index (χ0n) is 14.7. The summed E-state index contributed by atoms with van der Waals surface area (Å²) in [5.74, 6) is 1.15. The molecule has 0 N–H and O–H groups in total. The van der Waals surface area contributed by atoms with E-state index in [1.807, 2.05) is 48.5 Å². The molecule has 0 fully saturated rings. The van der Waals surface area contributed by atoms with Crippen LogP contribution in [0.4, 0.5) is 0 Å². The van der Waals surface area contributed by atoms with Crippen LogP contribution in [0.2, 0.25) is 15.1 Å². The smallest absolute Gasteiger partial charge is 0.225 e. The lowest BCUT2D eigenvalue weighted by Crippen LogP contribution is -2.04. The fraction of sp³-hybridized carbons (Fsp3) is 0.0909. The Balaban J connectivity index is 1.68. The lowest BCUT2D eigenvalue weighted by Gasteiger charge is -2.12. The van der Waals surface area contributed by atoms with Crippen molar-refractivity contribution in [3.8, 4) is 5.88 Å². The maximum Gasteiger partial charge on any atom is 0.225 e. The third-order valence-electron chi connectivity index (χ3n) is 4.28. The first-order valence-corrected chi connectivity index (χ1v) is 9.79. The molecule has 0 atom stereocenters. The summed E-state index contributed by atoms with van der Waals surface area (Å²) in [7, 11) is 0. The van der Waals surface area contributed by atoms with Crippen LogP contribution in [0.25, 0.3) is 10.9 Å². The largest absolute Gasteiger partial charge is 0.472 e. The molecule has 0 radical (unpaired) electrons. The van der Waals surface area contributed by atoms with Gasteiger partial charge in [0, 0.05) is 27.1 Å². The van der Waals surface area contributed by atoms with Gasteiger partial charge < -0.3 is 4.74 Å². The number of para-hydroxylation sites is 1. The summed E-state index contributed by atoms with van der Waals surface area (Å²) in [6.45, 7) is 0.218. The van der Waals surface area contributed by atoms with Crippen molar-refractivity contribution in [1.82, 2.24) is 9.97 Å². The Hall–Kier alpha value is -2.33. The molecule has 0 saturated heterocycles. The summed E-state index contributed by atoms with van der Waals surface area (Å²) < 4.78 is 6.02. The van der Waals surface area contributed by atoms with Gasteiger partial charge in [0.2, 0.25) is 5.88 Å². The lowest BCUT2D eigenvalue weighted by atomic mass is 10.1. The first-order chi connectivity index (χ1) is 13.6. The third kappa shape index (κ3) is 4.22. The Kier molecular flexibility index (Phi) is 5.67. The van der Waals surface area contributed by atoms with Gasteiger partial charge >= 0.3 is 0 Å². The van der Waals surface area contributed by atoms with Crippen molar-refractivity contribution in [2.45, 2.75) is 13.0 Å². The van der Waals surface area contributed by atoms with Gasteiger partial charge in [0.1, 0.15) is 12.4 Å². The van der Waals surface area contributed by atoms with E-state index < -0.39 is 0 Å². The molecule has 0 aliphatic heterocycles. The second-order valence-corrected chi connectivity index (χ2v) is 7.51. The molecular formula is C22H15Cl3N2O. The van der Waals surface area contributed by atoms with Crippen LogP contribution in [0, 0.1) is 0 Å². The van der Waals surface area contributed by atoms with E-state index in [4.69, 9.17) is 39.5 Å². The molecule has 0 amide bonds. The molecule has 3 nitrogen and oxygen atoms in total. The average Bonchev–Trinajstić information content (AvgIpc) is 2.67. The first-order valence-electron chi connectivity index (χ1n) is 8.66. The molecule has 0 aliphatic carbocycles. The first kappa shape index (κ1) is 19.0. The van der Waals surface area contributed by atoms with Crippen molar-refractivity contribution >= 4 is 45.7 Å². The van der Waals surface area contributed by atoms with Gasteiger partial charge in [-0.25, -0.2) is 4.98 Å². The number of ether oxygens (including phenoxy) is 1. The van der Waals surface area contributed by atoms with Crippen LogP contribution in [-0.2, 0) is 13.0 Å². The average molecular weight is 430 g/mol. The molecule has 0 bridgehead atoms. The van der Waals surface area contributed by atoms with E-state index in [9.17, 15) is 0 Å². The molecule has 1 heterocycles. The molecule has 6 heteroatoms. The van der Waals surface area contributed by atoms with Crippen molar-refractivity contribution in [1.29, 1.82) is 0 Å². The van der Waals surface area contributed by atoms with E-state index in [1.165, 1.54) is 0 Å². The third-order valence-corrected chi connectivity index (χ3v) is 5.22. The maximum absolute atomic E-state index is 6.26. The van der Waals surface area contributed by atoms with Crippen LogP contribution in [0.1, 0.15) is 17.0 Å². The number of fused-ring (bicyclic) bond motifs is 1. The summed E-state index contributed by atoms with van der Waals surface area (Å²) in [5, 5.41) is 2.64. The Morgan fingerprint density at radius 3 is 2.32 bits per heavy atom. The molecule has 3 aromatic carbocycles. The molecular weight excluding hydrogens is 415 g/mol. The van der Waals surface area contributed by atoms with Gasteiger partial charge in [0.25, 0.3) is 0 Å². The number of hydrogen-bond donors (Lipinski definition) is 0. The standard InChI is InChI=1S/C22H15Cl3N2O/c23-15-6-3-5-14(11-15)12-21-26-20-10-2-1-7-16(20)22(27-21)28-13-17-18(24)8-4-9-19(17)25/h1-11H,12-13H2. The highest BCUT2D eigenvalue weighted by Crippen LogP contribution is 2.28. The topological polar surface area (TPSA) is 35.0 Å². The van der Waals surface area contributed by atoms with Gasteiger partial charge in [0.05, 0.1) is 10.9 Å². The SMILES string of the molecule is Clc1cccc(Cc2nc(OCc3c(Cl)cccc3Cl)c3ccccc3n2)c1. The zero-order chi connectivity index (χ0) is 19.5. The van der Waals surface area contributed by atoms with Crippen LogP contribution in [-0.4, -0.2) is 9.97 Å². The van der Waals surface area contributed by atoms with Crippen LogP contribution >= 0.6 is 34.8 Å². The summed E-state index contributed by atoms with van der Waals surface area (Å²) in [6, 6.07) is 20.8. The van der Waals surface area contributed by atoms with E-state index in [0.29, 0.717) is 33.2 Å². The van der Waals surface area contributed by atoms with E-state index in [-0.39, 0.29) is 6.61 Å². The van der Waals surface area contributed by atoms with Gasteiger partial charge in [0.15, 0.2) is 0 Å². The Morgan fingerprint density at radius 1 is 0.786 bits per heavy atom. The van der Waals surface area contributed by atoms with E-state index in [0.717, 1.165) is 22.0 Å². The summed E-state index contributed by atoms with van der Waals surface area (Å²) in [6.07, 6.45) is 0.550. The molecule has 28 heavy (non-hydrogen) atoms. The van der Waals surface area contributed by atoms with Crippen LogP contribution in [0.5, 0.6) is 5.88 Å². The monoisotopic (exact) mass is 428 g/mol. The van der Waals surface area contributed by atoms with Crippen molar-refractivity contribution in [2.24, 2.45) is 0 Å². The van der Waals surface area contributed by atoms with E-state index in [2.05, 4.69) is 9.97 Å². The highest BCUT2D eigenvalue weighted by atomic mass is 35.5. The minimum Gasteiger partial charge on any atom is -0.472 e. The van der Waals surface area contributed by atoms with Gasteiger partial charge in [-0.1, -0.05) is 65.1 Å². The summed E-state index contributed by atoms with van der Waals surface area (Å²) in [5.41, 5.74) is 2.57. The Labute approximate surface area is 177 Å². The van der Waals surface area contributed by atoms with Gasteiger partial charge in [-0.3, -0.25) is 0 Å². The van der Waals surface area contributed by atoms with E-state index in [1.54, 1.807) is 18.2 Å². The van der Waals surface area contributed by atoms with Crippen molar-refractivity contribution in [3.05, 3.63) is 98.7 Å². The normalized spacial score (nSPS) is 11.0. The molecule has 0 spiro atoms. The molecule has 0 saturated carbocycles. The lowest BCUT2D eigenvalue weighted by molar-refractivity contribution is 0.297. The number of hydrogen-bond acceptors (Lipinski definition) is 3. The fourth-order valence-electron chi connectivity index (χ4n) is 2.92. The number of benzene rings is 3. The van der Waals surface area contributed by atoms with Crippen LogP contribution < -0.4 is 4.74 Å². The maximum atomic E-state index is 6.26. The van der Waals surface area contributed by atoms with E-state index >= 15 is 0 Å². The van der Waals surface area contributed by atoms with Crippen molar-refractivity contribution in [2.75, 3.05) is 0 Å². The highest BCUT2D eigenvalue weighted by Gasteiger charge is 2.12. The Morgan fingerprint density at radius 2 is 1.54 bits per heavy atom. The number of rotatable bonds is 5. The molecule has 4 aromatic rings. The summed E-state index contributed by atoms with van der Waals surface area (Å²) >= 11 is 18.6. The number of nitrogens with zero attached hydrogens (tertiary/aromatic N) is 2. The molecule has 4 rings (SSSR count). The predicted octanol–water partition coefficient (Wildman–Crippen LogP) is 6.76. The predicted molar refractivity (Wildman–Crippen MR) is 115 cm³/mol. The molecule has 0 aliphatic rings. The van der Waals surface area contributed by atoms with Crippen molar-refractivity contribution < 1.29 is 4.74 Å². The van der Waals surface area contributed by atoms with Crippen LogP contribution in [0.3, 0.4) is 0 Å². The molecule has 0 unspecified atom stereocenters. The Bertz CT molecular complexity index is 1130. The number of aromatic nitrogens is 2. The van der Waals surface area contributed by atoms with Gasteiger partial charge in [-0.15, -0.1) is 0 Å². The van der Waals surface area contributed by atoms with Gasteiger partial charge in [-0.05, 0) is 42.0 Å². The fourth-order valence-corrected chi connectivity index (χ4v) is 3.64. The minimum atomic E-state index is 0.218. The minimum absolute atomic E-state index is 0.218. The molecule has 140 valence electrons. The zero-order valence-corrected chi connectivity index (χ0v) is 17.0. The number of halogens is 3. The highest BCUT2D eigenvalue weighted by molar-refractivity contribution is 6.36. The second kappa shape index (κ2) is 8.36. The second-order valence-electron chi connectivity index (χ2n) is 6.26. The van der Waals surface area contributed by atoms with Crippen LogP contribution in [0.15, 0.2) is 66.7 Å². The summed E-state index contributed by atoms with van der Waals surface area (Å²) in [4.78, 5) is 9.30.